The maximum absolute atomic E-state index is 17.7. The van der Waals surface area contributed by atoms with E-state index in [0.717, 1.165) is 45.3 Å². The fourth-order valence-electron chi connectivity index (χ4n) is 9.47. The van der Waals surface area contributed by atoms with Gasteiger partial charge < -0.3 is 33.3 Å². The number of carbonyl (C=O) groups excluding carboxylic acids is 1. The molecule has 4 unspecified atom stereocenters. The average Bonchev–Trinajstić information content (AvgIpc) is 3.91. The lowest BCUT2D eigenvalue weighted by atomic mass is 9.94. The number of hydrogen-bond acceptors (Lipinski definition) is 12. The molecule has 3 saturated heterocycles. The number of methoxy groups -OCH3 is 1. The molecule has 5 aliphatic rings. The Kier molecular flexibility index (Phi) is 9.99. The molecule has 15 heteroatoms. The summed E-state index contributed by atoms with van der Waals surface area (Å²) < 4.78 is 69.0. The topological polar surface area (TPSA) is 121 Å². The maximum Gasteiger partial charge on any atom is 0.410 e. The molecule has 4 aliphatic heterocycles. The highest BCUT2D eigenvalue weighted by atomic mass is 19.1. The smallest absolute Gasteiger partial charge is 0.410 e. The number of hydrogen-bond donors (Lipinski definition) is 0. The number of benzene rings is 2. The van der Waals surface area contributed by atoms with Crippen LogP contribution in [0, 0.1) is 17.0 Å². The second-order valence-corrected chi connectivity index (χ2v) is 17.5. The summed E-state index contributed by atoms with van der Waals surface area (Å²) in [4.78, 5) is 34.9. The van der Waals surface area contributed by atoms with Crippen LogP contribution in [0.2, 0.25) is 0 Å². The highest BCUT2D eigenvalue weighted by Gasteiger charge is 2.54. The molecular weight excluding hydrogens is 751 g/mol. The lowest BCUT2D eigenvalue weighted by molar-refractivity contribution is 0.000933. The standard InChI is InChI=1S/C43H52F2N6O7/c1-7-28-30(44)10-8-25-18-27(56-23-53-6)19-29(32(25)28)35-34(45)36-33-38(48-40(47-36)55-22-43(12-13-43)21-49-14-16-54-17-15-49)50-20-26-9-11-31(37(50)24(2)57-39(33)46-35)51(26)41(52)58-42(3,4)5/h8,10,18-19,24,26,31,37H,7,9,11-17,20-23H2,1-6H3. The number of aryl methyl sites for hydroxylation is 1. The van der Waals surface area contributed by atoms with Gasteiger partial charge in [-0.3, -0.25) is 9.80 Å². The maximum atomic E-state index is 17.7. The van der Waals surface area contributed by atoms with Crippen LogP contribution < -0.4 is 19.1 Å². The molecule has 13 nitrogen and oxygen atoms in total. The van der Waals surface area contributed by atoms with Crippen molar-refractivity contribution in [1.29, 1.82) is 0 Å². The molecule has 1 aliphatic carbocycles. The number of morpholine rings is 1. The molecular formula is C43H52F2N6O7. The summed E-state index contributed by atoms with van der Waals surface area (Å²) in [5.41, 5.74) is -0.0634. The Morgan fingerprint density at radius 1 is 1.03 bits per heavy atom. The van der Waals surface area contributed by atoms with Gasteiger partial charge in [-0.05, 0) is 94.3 Å². The van der Waals surface area contributed by atoms with Crippen LogP contribution in [0.4, 0.5) is 19.4 Å². The minimum Gasteiger partial charge on any atom is -0.472 e. The zero-order valence-corrected chi connectivity index (χ0v) is 34.1. The Bertz CT molecular complexity index is 2240. The van der Waals surface area contributed by atoms with Gasteiger partial charge in [0.2, 0.25) is 5.88 Å². The third-order valence-corrected chi connectivity index (χ3v) is 12.3. The van der Waals surface area contributed by atoms with Gasteiger partial charge >= 0.3 is 12.1 Å². The molecule has 2 aromatic carbocycles. The number of nitrogens with zero attached hydrogens (tertiary/aromatic N) is 6. The van der Waals surface area contributed by atoms with E-state index in [4.69, 9.17) is 43.4 Å². The minimum absolute atomic E-state index is 0.0152. The Hall–Kier alpha value is -4.60. The van der Waals surface area contributed by atoms with Gasteiger partial charge in [0.05, 0.1) is 37.9 Å². The number of amides is 1. The predicted molar refractivity (Wildman–Crippen MR) is 213 cm³/mol. The number of piperazine rings is 1. The molecule has 2 aromatic heterocycles. The zero-order valence-electron chi connectivity index (χ0n) is 34.1. The van der Waals surface area contributed by atoms with E-state index < -0.39 is 23.3 Å². The molecule has 1 saturated carbocycles. The molecule has 0 spiro atoms. The highest BCUT2D eigenvalue weighted by Crippen LogP contribution is 2.49. The molecule has 0 N–H and O–H groups in total. The highest BCUT2D eigenvalue weighted by molar-refractivity contribution is 6.03. The Morgan fingerprint density at radius 3 is 2.55 bits per heavy atom. The van der Waals surface area contributed by atoms with E-state index in [-0.39, 0.29) is 59.5 Å². The monoisotopic (exact) mass is 802 g/mol. The van der Waals surface area contributed by atoms with Crippen molar-refractivity contribution in [2.24, 2.45) is 5.41 Å². The molecule has 6 heterocycles. The molecule has 310 valence electrons. The van der Waals surface area contributed by atoms with Gasteiger partial charge in [0.25, 0.3) is 0 Å². The number of ether oxygens (including phenoxy) is 6. The quantitative estimate of drug-likeness (QED) is 0.155. The molecule has 0 radical (unpaired) electrons. The second kappa shape index (κ2) is 14.9. The number of anilines is 1. The molecule has 4 aromatic rings. The van der Waals surface area contributed by atoms with Crippen LogP contribution in [0.15, 0.2) is 24.3 Å². The first kappa shape index (κ1) is 38.9. The van der Waals surface area contributed by atoms with E-state index in [9.17, 15) is 4.79 Å². The van der Waals surface area contributed by atoms with Crippen molar-refractivity contribution >= 4 is 33.6 Å². The summed E-state index contributed by atoms with van der Waals surface area (Å²) >= 11 is 0. The van der Waals surface area contributed by atoms with Gasteiger partial charge in [-0.25, -0.2) is 18.6 Å². The molecule has 9 rings (SSSR count). The number of fused-ring (bicyclic) bond motifs is 6. The first-order valence-corrected chi connectivity index (χ1v) is 20.5. The summed E-state index contributed by atoms with van der Waals surface area (Å²) in [6.45, 7) is 14.2. The third kappa shape index (κ3) is 7.02. The van der Waals surface area contributed by atoms with Gasteiger partial charge in [0, 0.05) is 44.3 Å². The predicted octanol–water partition coefficient (Wildman–Crippen LogP) is 6.90. The van der Waals surface area contributed by atoms with E-state index in [1.807, 2.05) is 39.5 Å². The Morgan fingerprint density at radius 2 is 1.83 bits per heavy atom. The van der Waals surface area contributed by atoms with E-state index >= 15 is 8.78 Å². The first-order chi connectivity index (χ1) is 27.9. The number of halogens is 2. The van der Waals surface area contributed by atoms with Gasteiger partial charge in [-0.1, -0.05) is 13.0 Å². The Labute approximate surface area is 336 Å². The van der Waals surface area contributed by atoms with E-state index in [1.165, 1.54) is 13.2 Å². The molecule has 2 bridgehead atoms. The van der Waals surface area contributed by atoms with Crippen molar-refractivity contribution in [2.75, 3.05) is 64.8 Å². The summed E-state index contributed by atoms with van der Waals surface area (Å²) in [5.74, 6) is -0.130. The van der Waals surface area contributed by atoms with Crippen molar-refractivity contribution in [3.63, 3.8) is 0 Å². The van der Waals surface area contributed by atoms with Crippen LogP contribution in [0.5, 0.6) is 17.6 Å². The van der Waals surface area contributed by atoms with E-state index in [0.29, 0.717) is 71.6 Å². The minimum atomic E-state index is -0.719. The lowest BCUT2D eigenvalue weighted by Gasteiger charge is -2.48. The molecule has 58 heavy (non-hydrogen) atoms. The van der Waals surface area contributed by atoms with Gasteiger partial charge in [-0.15, -0.1) is 0 Å². The summed E-state index contributed by atoms with van der Waals surface area (Å²) in [5, 5.41) is 1.49. The lowest BCUT2D eigenvalue weighted by Crippen LogP contribution is -2.65. The summed E-state index contributed by atoms with van der Waals surface area (Å²) in [7, 11) is 1.51. The normalized spacial score (nSPS) is 23.7. The van der Waals surface area contributed by atoms with Crippen molar-refractivity contribution in [2.45, 2.75) is 96.6 Å². The number of aromatic nitrogens is 3. The van der Waals surface area contributed by atoms with Crippen LogP contribution in [-0.2, 0) is 20.6 Å². The van der Waals surface area contributed by atoms with Gasteiger partial charge in [0.15, 0.2) is 12.6 Å². The summed E-state index contributed by atoms with van der Waals surface area (Å²) in [6, 6.07) is 5.75. The van der Waals surface area contributed by atoms with Crippen LogP contribution in [0.1, 0.15) is 65.9 Å². The molecule has 4 fully saturated rings. The average molecular weight is 803 g/mol. The Balaban J connectivity index is 1.19. The second-order valence-electron chi connectivity index (χ2n) is 17.5. The van der Waals surface area contributed by atoms with Crippen molar-refractivity contribution in [1.82, 2.24) is 24.8 Å². The first-order valence-electron chi connectivity index (χ1n) is 20.5. The van der Waals surface area contributed by atoms with Crippen LogP contribution in [0.25, 0.3) is 32.9 Å². The summed E-state index contributed by atoms with van der Waals surface area (Å²) in [6.07, 6.45) is 2.98. The number of rotatable bonds is 10. The van der Waals surface area contributed by atoms with Crippen molar-refractivity contribution in [3.05, 3.63) is 41.5 Å². The molecule has 4 atom stereocenters. The number of pyridine rings is 1. The van der Waals surface area contributed by atoms with Crippen molar-refractivity contribution in [3.8, 4) is 28.9 Å². The van der Waals surface area contributed by atoms with Crippen LogP contribution in [-0.4, -0.2) is 121 Å². The van der Waals surface area contributed by atoms with Crippen LogP contribution >= 0.6 is 0 Å². The van der Waals surface area contributed by atoms with E-state index in [2.05, 4.69) is 9.80 Å². The SMILES string of the molecule is CCc1c(F)ccc2cc(OCOC)cc(-c3nc4c5c(nc(OCC6(CN7CCOCC7)CC6)nc5c3F)N3CC5CCC(C3C(C)O4)N5C(=O)OC(C)(C)C)c12. The van der Waals surface area contributed by atoms with E-state index in [1.54, 1.807) is 18.2 Å². The largest absolute Gasteiger partial charge is 0.472 e. The fraction of sp³-hybridized carbons (Fsp3) is 0.581. The van der Waals surface area contributed by atoms with Gasteiger partial charge in [-0.2, -0.15) is 9.97 Å². The zero-order chi connectivity index (χ0) is 40.5. The number of carbonyl (C=O) groups is 1. The van der Waals surface area contributed by atoms with Crippen LogP contribution in [0.3, 0.4) is 0 Å². The van der Waals surface area contributed by atoms with Gasteiger partial charge in [0.1, 0.15) is 45.7 Å². The van der Waals surface area contributed by atoms with Crippen molar-refractivity contribution < 1.29 is 42.0 Å². The fourth-order valence-corrected chi connectivity index (χ4v) is 9.47. The molecule has 1 amide bonds. The third-order valence-electron chi connectivity index (χ3n) is 12.3.